The highest BCUT2D eigenvalue weighted by atomic mass is 35.5. The largest absolute Gasteiger partial charge is 0.495 e. The number of hydrogen-bond acceptors (Lipinski definition) is 5. The predicted molar refractivity (Wildman–Crippen MR) is 120 cm³/mol. The minimum Gasteiger partial charge on any atom is -0.495 e. The molecule has 0 radical (unpaired) electrons. The number of likely N-dealkylation sites (tertiary alicyclic amines) is 1. The van der Waals surface area contributed by atoms with E-state index in [2.05, 4.69) is 0 Å². The van der Waals surface area contributed by atoms with Crippen molar-refractivity contribution in [3.63, 3.8) is 0 Å². The molecular formula is C22H22ClN3O3S. The lowest BCUT2D eigenvalue weighted by atomic mass is 10.2. The van der Waals surface area contributed by atoms with Crippen LogP contribution in [0.15, 0.2) is 52.4 Å². The summed E-state index contributed by atoms with van der Waals surface area (Å²) in [6, 6.07) is 12.3. The lowest BCUT2D eigenvalue weighted by Crippen LogP contribution is -2.34. The molecule has 0 aliphatic carbocycles. The number of para-hydroxylation sites is 2. The third-order valence-electron chi connectivity index (χ3n) is 5.17. The van der Waals surface area contributed by atoms with E-state index in [1.54, 1.807) is 37.4 Å². The maximum Gasteiger partial charge on any atom is 0.266 e. The molecule has 1 amide bonds. The van der Waals surface area contributed by atoms with Gasteiger partial charge in [0.1, 0.15) is 5.75 Å². The molecule has 1 aliphatic rings. The number of nitrogens with zero attached hydrogens (tertiary/aromatic N) is 3. The first-order valence-corrected chi connectivity index (χ1v) is 11.1. The lowest BCUT2D eigenvalue weighted by Gasteiger charge is -2.21. The van der Waals surface area contributed by atoms with Gasteiger partial charge in [0.15, 0.2) is 5.16 Å². The number of aromatic nitrogens is 2. The Kier molecular flexibility index (Phi) is 6.01. The number of rotatable bonds is 5. The van der Waals surface area contributed by atoms with Crippen LogP contribution in [0.3, 0.4) is 0 Å². The molecule has 0 spiro atoms. The zero-order chi connectivity index (χ0) is 21.3. The van der Waals surface area contributed by atoms with Gasteiger partial charge in [0.2, 0.25) is 5.91 Å². The Hall–Kier alpha value is -2.51. The zero-order valence-electron chi connectivity index (χ0n) is 16.8. The van der Waals surface area contributed by atoms with Gasteiger partial charge in [-0.25, -0.2) is 4.98 Å². The molecule has 6 nitrogen and oxygen atoms in total. The molecule has 0 bridgehead atoms. The molecule has 1 unspecified atom stereocenters. The van der Waals surface area contributed by atoms with Gasteiger partial charge >= 0.3 is 0 Å². The molecule has 1 aliphatic heterocycles. The summed E-state index contributed by atoms with van der Waals surface area (Å²) >= 11 is 7.41. The number of fused-ring (bicyclic) bond motifs is 1. The number of amides is 1. The second-order valence-corrected chi connectivity index (χ2v) is 8.91. The molecule has 3 aromatic rings. The normalized spacial score (nSPS) is 14.8. The Labute approximate surface area is 183 Å². The van der Waals surface area contributed by atoms with Crippen molar-refractivity contribution in [1.29, 1.82) is 0 Å². The number of ether oxygens (including phenoxy) is 1. The van der Waals surface area contributed by atoms with Crippen molar-refractivity contribution in [1.82, 2.24) is 14.5 Å². The Bertz CT molecular complexity index is 1160. The minimum absolute atomic E-state index is 0.0597. The Morgan fingerprint density at radius 2 is 1.93 bits per heavy atom. The molecule has 2 heterocycles. The summed E-state index contributed by atoms with van der Waals surface area (Å²) < 4.78 is 7.00. The number of benzene rings is 2. The SMILES string of the molecule is COc1ccccc1-n1c(SC(C)C(=O)N2CCCC2)nc2cc(Cl)ccc2c1=O. The van der Waals surface area contributed by atoms with Crippen molar-refractivity contribution in [3.8, 4) is 11.4 Å². The standard InChI is InChI=1S/C22H22ClN3O3S/c1-14(20(27)25-11-5-6-12-25)30-22-24-17-13-15(23)9-10-16(17)21(28)26(22)18-7-3-4-8-19(18)29-2/h3-4,7-10,13-14H,5-6,11-12H2,1-2H3. The Morgan fingerprint density at radius 3 is 2.67 bits per heavy atom. The molecule has 156 valence electrons. The van der Waals surface area contributed by atoms with E-state index in [4.69, 9.17) is 21.3 Å². The summed E-state index contributed by atoms with van der Waals surface area (Å²) in [5.74, 6) is 0.611. The molecule has 1 aromatic heterocycles. The van der Waals surface area contributed by atoms with Crippen LogP contribution >= 0.6 is 23.4 Å². The van der Waals surface area contributed by atoms with Gasteiger partial charge < -0.3 is 9.64 Å². The van der Waals surface area contributed by atoms with E-state index < -0.39 is 0 Å². The first-order valence-electron chi connectivity index (χ1n) is 9.80. The molecule has 1 atom stereocenters. The molecule has 1 saturated heterocycles. The number of halogens is 1. The van der Waals surface area contributed by atoms with E-state index in [9.17, 15) is 9.59 Å². The lowest BCUT2D eigenvalue weighted by molar-refractivity contribution is -0.129. The average Bonchev–Trinajstić information content (AvgIpc) is 3.28. The topological polar surface area (TPSA) is 64.4 Å². The molecule has 0 N–H and O–H groups in total. The van der Waals surface area contributed by atoms with Gasteiger partial charge in [0.25, 0.3) is 5.56 Å². The monoisotopic (exact) mass is 443 g/mol. The Balaban J connectivity index is 1.86. The van der Waals surface area contributed by atoms with Gasteiger partial charge in [-0.15, -0.1) is 0 Å². The maximum atomic E-state index is 13.5. The molecule has 8 heteroatoms. The van der Waals surface area contributed by atoms with Crippen molar-refractivity contribution in [3.05, 3.63) is 57.8 Å². The van der Waals surface area contributed by atoms with Gasteiger partial charge in [0, 0.05) is 18.1 Å². The molecule has 0 saturated carbocycles. The third-order valence-corrected chi connectivity index (χ3v) is 6.45. The van der Waals surface area contributed by atoms with Gasteiger partial charge in [0.05, 0.1) is 29.0 Å². The van der Waals surface area contributed by atoms with Gasteiger partial charge in [-0.2, -0.15) is 0 Å². The van der Waals surface area contributed by atoms with Crippen LogP contribution < -0.4 is 10.3 Å². The number of thioether (sulfide) groups is 1. The van der Waals surface area contributed by atoms with Crippen LogP contribution in [0.5, 0.6) is 5.75 Å². The molecule has 30 heavy (non-hydrogen) atoms. The number of carbonyl (C=O) groups is 1. The molecule has 2 aromatic carbocycles. The van der Waals surface area contributed by atoms with Crippen LogP contribution in [0.4, 0.5) is 0 Å². The van der Waals surface area contributed by atoms with E-state index in [1.807, 2.05) is 24.0 Å². The van der Waals surface area contributed by atoms with Crippen molar-refractivity contribution >= 4 is 40.2 Å². The zero-order valence-corrected chi connectivity index (χ0v) is 18.4. The van der Waals surface area contributed by atoms with Crippen LogP contribution in [-0.4, -0.2) is 45.8 Å². The average molecular weight is 444 g/mol. The third kappa shape index (κ3) is 3.91. The summed E-state index contributed by atoms with van der Waals surface area (Å²) in [6.45, 7) is 3.42. The van der Waals surface area contributed by atoms with E-state index in [-0.39, 0.29) is 16.7 Å². The van der Waals surface area contributed by atoms with Crippen LogP contribution in [0, 0.1) is 0 Å². The quantitative estimate of drug-likeness (QED) is 0.438. The van der Waals surface area contributed by atoms with Crippen molar-refractivity contribution in [2.24, 2.45) is 0 Å². The highest BCUT2D eigenvalue weighted by Crippen LogP contribution is 2.30. The number of hydrogen-bond donors (Lipinski definition) is 0. The van der Waals surface area contributed by atoms with E-state index in [1.165, 1.54) is 16.3 Å². The second kappa shape index (κ2) is 8.70. The van der Waals surface area contributed by atoms with Crippen LogP contribution in [0.25, 0.3) is 16.6 Å². The fourth-order valence-corrected chi connectivity index (χ4v) is 4.82. The summed E-state index contributed by atoms with van der Waals surface area (Å²) in [5, 5.41) is 1.00. The smallest absolute Gasteiger partial charge is 0.266 e. The second-order valence-electron chi connectivity index (χ2n) is 7.16. The molecule has 4 rings (SSSR count). The molecular weight excluding hydrogens is 422 g/mol. The van der Waals surface area contributed by atoms with Crippen molar-refractivity contribution in [2.45, 2.75) is 30.2 Å². The van der Waals surface area contributed by atoms with Crippen LogP contribution in [-0.2, 0) is 4.79 Å². The summed E-state index contributed by atoms with van der Waals surface area (Å²) in [4.78, 5) is 32.9. The summed E-state index contributed by atoms with van der Waals surface area (Å²) in [7, 11) is 1.56. The fraction of sp³-hybridized carbons (Fsp3) is 0.318. The first kappa shape index (κ1) is 20.8. The van der Waals surface area contributed by atoms with Crippen LogP contribution in [0.2, 0.25) is 5.02 Å². The van der Waals surface area contributed by atoms with Gasteiger partial charge in [-0.05, 0) is 50.1 Å². The predicted octanol–water partition coefficient (Wildman–Crippen LogP) is 4.15. The van der Waals surface area contributed by atoms with Gasteiger partial charge in [-0.1, -0.05) is 35.5 Å². The van der Waals surface area contributed by atoms with Crippen molar-refractivity contribution < 1.29 is 9.53 Å². The fourth-order valence-electron chi connectivity index (χ4n) is 3.65. The summed E-state index contributed by atoms with van der Waals surface area (Å²) in [5.41, 5.74) is 0.851. The first-order chi connectivity index (χ1) is 14.5. The maximum absolute atomic E-state index is 13.5. The molecule has 1 fully saturated rings. The Morgan fingerprint density at radius 1 is 1.20 bits per heavy atom. The number of methoxy groups -OCH3 is 1. The minimum atomic E-state index is -0.382. The number of carbonyl (C=O) groups excluding carboxylic acids is 1. The highest BCUT2D eigenvalue weighted by molar-refractivity contribution is 8.00. The summed E-state index contributed by atoms with van der Waals surface area (Å²) in [6.07, 6.45) is 2.06. The van der Waals surface area contributed by atoms with E-state index in [0.717, 1.165) is 25.9 Å². The van der Waals surface area contributed by atoms with E-state index >= 15 is 0 Å². The van der Waals surface area contributed by atoms with E-state index in [0.29, 0.717) is 32.5 Å². The van der Waals surface area contributed by atoms with Crippen molar-refractivity contribution in [2.75, 3.05) is 20.2 Å². The highest BCUT2D eigenvalue weighted by Gasteiger charge is 2.26. The van der Waals surface area contributed by atoms with Gasteiger partial charge in [-0.3, -0.25) is 14.2 Å². The van der Waals surface area contributed by atoms with Crippen LogP contribution in [0.1, 0.15) is 19.8 Å².